The first-order chi connectivity index (χ1) is 7.91. The molecule has 0 saturated heterocycles. The Bertz CT molecular complexity index is 511. The number of halogens is 2. The van der Waals surface area contributed by atoms with Crippen molar-refractivity contribution in [2.75, 3.05) is 11.4 Å². The maximum atomic E-state index is 13.1. The molecule has 3 nitrogen and oxygen atoms in total. The zero-order chi connectivity index (χ0) is 12.7. The summed E-state index contributed by atoms with van der Waals surface area (Å²) in [6.45, 7) is 4.05. The summed E-state index contributed by atoms with van der Waals surface area (Å²) in [5.41, 5.74) is 0.0992. The van der Waals surface area contributed by atoms with Gasteiger partial charge in [-0.05, 0) is 12.0 Å². The molecule has 0 unspecified atom stereocenters. The minimum Gasteiger partial charge on any atom is -0.304 e. The van der Waals surface area contributed by atoms with Gasteiger partial charge in [0.15, 0.2) is 11.6 Å². The Morgan fingerprint density at radius 2 is 1.76 bits per heavy atom. The second-order valence-electron chi connectivity index (χ2n) is 4.42. The Morgan fingerprint density at radius 3 is 2.35 bits per heavy atom. The van der Waals surface area contributed by atoms with E-state index in [9.17, 15) is 18.4 Å². The summed E-state index contributed by atoms with van der Waals surface area (Å²) >= 11 is 0. The van der Waals surface area contributed by atoms with Crippen LogP contribution in [0.5, 0.6) is 0 Å². The summed E-state index contributed by atoms with van der Waals surface area (Å²) < 4.78 is 26.1. The molecule has 0 spiro atoms. The van der Waals surface area contributed by atoms with E-state index in [0.29, 0.717) is 6.54 Å². The number of hydrogen-bond donors (Lipinski definition) is 0. The van der Waals surface area contributed by atoms with Crippen molar-refractivity contribution in [3.8, 4) is 0 Å². The minimum atomic E-state index is -1.11. The highest BCUT2D eigenvalue weighted by Crippen LogP contribution is 2.31. The second kappa shape index (κ2) is 3.91. The van der Waals surface area contributed by atoms with Crippen LogP contribution in [0, 0.1) is 17.6 Å². The van der Waals surface area contributed by atoms with E-state index < -0.39 is 23.3 Å². The largest absolute Gasteiger partial charge is 0.304 e. The number of ketones is 1. The number of fused-ring (bicyclic) bond motifs is 1. The van der Waals surface area contributed by atoms with Crippen LogP contribution in [0.2, 0.25) is 0 Å². The molecule has 1 aliphatic heterocycles. The fourth-order valence-electron chi connectivity index (χ4n) is 1.84. The Labute approximate surface area is 97.0 Å². The van der Waals surface area contributed by atoms with E-state index in [1.54, 1.807) is 0 Å². The maximum absolute atomic E-state index is 13.1. The minimum absolute atomic E-state index is 0.0606. The number of hydrogen-bond acceptors (Lipinski definition) is 2. The zero-order valence-corrected chi connectivity index (χ0v) is 9.46. The van der Waals surface area contributed by atoms with Crippen LogP contribution in [-0.2, 0) is 4.79 Å². The molecule has 0 bridgehead atoms. The lowest BCUT2D eigenvalue weighted by atomic mass is 10.1. The average Bonchev–Trinajstić information content (AvgIpc) is 2.45. The normalized spacial score (nSPS) is 14.8. The van der Waals surface area contributed by atoms with Crippen molar-refractivity contribution in [3.05, 3.63) is 29.3 Å². The van der Waals surface area contributed by atoms with Gasteiger partial charge < -0.3 is 4.90 Å². The monoisotopic (exact) mass is 239 g/mol. The first-order valence-corrected chi connectivity index (χ1v) is 5.27. The third-order valence-electron chi connectivity index (χ3n) is 2.56. The molecule has 5 heteroatoms. The van der Waals surface area contributed by atoms with E-state index in [2.05, 4.69) is 0 Å². The van der Waals surface area contributed by atoms with E-state index >= 15 is 0 Å². The SMILES string of the molecule is CC(C)CN1C(=O)C(=O)c2cc(F)c(F)cc21. The second-order valence-corrected chi connectivity index (χ2v) is 4.42. The Hall–Kier alpha value is -1.78. The van der Waals surface area contributed by atoms with Gasteiger partial charge in [-0.25, -0.2) is 8.78 Å². The van der Waals surface area contributed by atoms with Crippen molar-refractivity contribution in [2.45, 2.75) is 13.8 Å². The molecule has 0 saturated carbocycles. The first kappa shape index (κ1) is 11.7. The average molecular weight is 239 g/mol. The summed E-state index contributed by atoms with van der Waals surface area (Å²) in [7, 11) is 0. The predicted molar refractivity (Wildman–Crippen MR) is 57.9 cm³/mol. The van der Waals surface area contributed by atoms with Crippen LogP contribution in [0.15, 0.2) is 12.1 Å². The lowest BCUT2D eigenvalue weighted by Crippen LogP contribution is -2.32. The molecule has 1 aromatic carbocycles. The number of carbonyl (C=O) groups is 2. The first-order valence-electron chi connectivity index (χ1n) is 5.27. The molecule has 0 radical (unpaired) electrons. The summed E-state index contributed by atoms with van der Waals surface area (Å²) in [6, 6.07) is 1.68. The van der Waals surface area contributed by atoms with Crippen molar-refractivity contribution in [3.63, 3.8) is 0 Å². The van der Waals surface area contributed by atoms with Gasteiger partial charge in [-0.1, -0.05) is 13.8 Å². The highest BCUT2D eigenvalue weighted by Gasteiger charge is 2.37. The van der Waals surface area contributed by atoms with Crippen LogP contribution in [0.3, 0.4) is 0 Å². The highest BCUT2D eigenvalue weighted by atomic mass is 19.2. The van der Waals surface area contributed by atoms with Crippen LogP contribution < -0.4 is 4.90 Å². The summed E-state index contributed by atoms with van der Waals surface area (Å²) in [5.74, 6) is -3.54. The molecule has 1 amide bonds. The van der Waals surface area contributed by atoms with Crippen molar-refractivity contribution < 1.29 is 18.4 Å². The Morgan fingerprint density at radius 1 is 1.18 bits per heavy atom. The van der Waals surface area contributed by atoms with E-state index in [1.165, 1.54) is 4.90 Å². The third-order valence-corrected chi connectivity index (χ3v) is 2.56. The molecule has 2 rings (SSSR count). The molecule has 0 N–H and O–H groups in total. The van der Waals surface area contributed by atoms with E-state index in [0.717, 1.165) is 12.1 Å². The van der Waals surface area contributed by atoms with Gasteiger partial charge in [0.1, 0.15) is 0 Å². The molecular formula is C12H11F2NO2. The quantitative estimate of drug-likeness (QED) is 0.741. The molecule has 1 aliphatic rings. The number of rotatable bonds is 2. The molecule has 0 atom stereocenters. The molecule has 0 aromatic heterocycles. The summed E-state index contributed by atoms with van der Waals surface area (Å²) in [4.78, 5) is 24.4. The van der Waals surface area contributed by atoms with Crippen LogP contribution in [-0.4, -0.2) is 18.2 Å². The van der Waals surface area contributed by atoms with Gasteiger partial charge in [0.25, 0.3) is 11.7 Å². The molecule has 1 heterocycles. The number of Topliss-reactive ketones (excluding diaryl/α,β-unsaturated/α-hetero) is 1. The van der Waals surface area contributed by atoms with E-state index in [1.807, 2.05) is 13.8 Å². The van der Waals surface area contributed by atoms with Crippen molar-refractivity contribution in [1.82, 2.24) is 0 Å². The standard InChI is InChI=1S/C12H11F2NO2/c1-6(2)5-15-10-4-9(14)8(13)3-7(10)11(16)12(15)17/h3-4,6H,5H2,1-2H3. The number of amides is 1. The van der Waals surface area contributed by atoms with Crippen LogP contribution in [0.1, 0.15) is 24.2 Å². The summed E-state index contributed by atoms with van der Waals surface area (Å²) in [5, 5.41) is 0. The molecule has 0 fully saturated rings. The molecule has 0 aliphatic carbocycles. The fourth-order valence-corrected chi connectivity index (χ4v) is 1.84. The molecular weight excluding hydrogens is 228 g/mol. The summed E-state index contributed by atoms with van der Waals surface area (Å²) in [6.07, 6.45) is 0. The topological polar surface area (TPSA) is 37.4 Å². The number of benzene rings is 1. The van der Waals surface area contributed by atoms with Gasteiger partial charge in [-0.3, -0.25) is 9.59 Å². The van der Waals surface area contributed by atoms with Crippen molar-refractivity contribution in [2.24, 2.45) is 5.92 Å². The molecule has 1 aromatic rings. The van der Waals surface area contributed by atoms with Crippen LogP contribution in [0.25, 0.3) is 0 Å². The van der Waals surface area contributed by atoms with Gasteiger partial charge in [0.2, 0.25) is 0 Å². The number of nitrogens with zero attached hydrogens (tertiary/aromatic N) is 1. The molecule has 90 valence electrons. The van der Waals surface area contributed by atoms with Gasteiger partial charge in [0, 0.05) is 12.6 Å². The Balaban J connectivity index is 2.52. The lowest BCUT2D eigenvalue weighted by molar-refractivity contribution is -0.114. The number of carbonyl (C=O) groups excluding carboxylic acids is 2. The fraction of sp³-hybridized carbons (Fsp3) is 0.333. The van der Waals surface area contributed by atoms with Gasteiger partial charge in [-0.2, -0.15) is 0 Å². The predicted octanol–water partition coefficient (Wildman–Crippen LogP) is 2.15. The van der Waals surface area contributed by atoms with E-state index in [4.69, 9.17) is 0 Å². The smallest absolute Gasteiger partial charge is 0.299 e. The number of anilines is 1. The van der Waals surface area contributed by atoms with Crippen LogP contribution in [0.4, 0.5) is 14.5 Å². The van der Waals surface area contributed by atoms with Gasteiger partial charge in [0.05, 0.1) is 11.3 Å². The van der Waals surface area contributed by atoms with Gasteiger partial charge >= 0.3 is 0 Å². The van der Waals surface area contributed by atoms with Crippen molar-refractivity contribution in [1.29, 1.82) is 0 Å². The third kappa shape index (κ3) is 1.81. The van der Waals surface area contributed by atoms with E-state index in [-0.39, 0.29) is 17.2 Å². The zero-order valence-electron chi connectivity index (χ0n) is 9.46. The van der Waals surface area contributed by atoms with Crippen LogP contribution >= 0.6 is 0 Å². The maximum Gasteiger partial charge on any atom is 0.299 e. The van der Waals surface area contributed by atoms with Gasteiger partial charge in [-0.15, -0.1) is 0 Å². The highest BCUT2D eigenvalue weighted by molar-refractivity contribution is 6.52. The van der Waals surface area contributed by atoms with Crippen molar-refractivity contribution >= 4 is 17.4 Å². The molecule has 17 heavy (non-hydrogen) atoms. The Kier molecular flexibility index (Phi) is 2.69. The lowest BCUT2D eigenvalue weighted by Gasteiger charge is -2.18.